The SMILES string of the molecule is Fc1ccc2c(c1)OC[C@H](OCC1CC1)C2C=Nc1ncnc2[nH]c(C(F)(F)F)cc12. The largest absolute Gasteiger partial charge is 0.490 e. The average molecular weight is 434 g/mol. The van der Waals surface area contributed by atoms with Crippen LogP contribution in [-0.4, -0.2) is 40.5 Å². The first-order chi connectivity index (χ1) is 14.9. The van der Waals surface area contributed by atoms with Gasteiger partial charge < -0.3 is 14.5 Å². The predicted molar refractivity (Wildman–Crippen MR) is 104 cm³/mol. The molecule has 0 amide bonds. The highest BCUT2D eigenvalue weighted by Crippen LogP contribution is 2.38. The molecule has 0 bridgehead atoms. The number of rotatable bonds is 5. The van der Waals surface area contributed by atoms with Gasteiger partial charge in [-0.3, -0.25) is 0 Å². The number of H-pyrrole nitrogens is 1. The van der Waals surface area contributed by atoms with Crippen LogP contribution in [0.4, 0.5) is 23.4 Å². The number of benzene rings is 1. The Morgan fingerprint density at radius 2 is 2.06 bits per heavy atom. The van der Waals surface area contributed by atoms with Gasteiger partial charge in [0.2, 0.25) is 0 Å². The highest BCUT2D eigenvalue weighted by atomic mass is 19.4. The number of aliphatic imine (C=N–C) groups is 1. The van der Waals surface area contributed by atoms with Gasteiger partial charge >= 0.3 is 6.18 Å². The predicted octanol–water partition coefficient (Wildman–Crippen LogP) is 4.79. The molecule has 2 aromatic heterocycles. The van der Waals surface area contributed by atoms with Crippen molar-refractivity contribution < 1.29 is 27.0 Å². The van der Waals surface area contributed by atoms with Crippen LogP contribution in [0.25, 0.3) is 11.0 Å². The summed E-state index contributed by atoms with van der Waals surface area (Å²) in [4.78, 5) is 14.5. The molecular formula is C21H18F4N4O2. The summed E-state index contributed by atoms with van der Waals surface area (Å²) < 4.78 is 64.5. The van der Waals surface area contributed by atoms with Crippen molar-refractivity contribution in [1.82, 2.24) is 15.0 Å². The number of aromatic nitrogens is 3. The summed E-state index contributed by atoms with van der Waals surface area (Å²) in [5.74, 6) is 0.254. The molecule has 1 saturated carbocycles. The summed E-state index contributed by atoms with van der Waals surface area (Å²) >= 11 is 0. The molecule has 2 atom stereocenters. The number of ether oxygens (including phenoxy) is 2. The molecule has 3 heterocycles. The monoisotopic (exact) mass is 434 g/mol. The smallest absolute Gasteiger partial charge is 0.431 e. The van der Waals surface area contributed by atoms with Crippen molar-refractivity contribution in [3.8, 4) is 5.75 Å². The highest BCUT2D eigenvalue weighted by Gasteiger charge is 2.34. The van der Waals surface area contributed by atoms with Crippen LogP contribution in [0, 0.1) is 11.7 Å². The van der Waals surface area contributed by atoms with Gasteiger partial charge in [0, 0.05) is 24.5 Å². The van der Waals surface area contributed by atoms with Crippen molar-refractivity contribution in [3.63, 3.8) is 0 Å². The molecule has 10 heteroatoms. The molecule has 1 aliphatic carbocycles. The molecule has 0 radical (unpaired) electrons. The Balaban J connectivity index is 1.49. The molecule has 0 spiro atoms. The van der Waals surface area contributed by atoms with E-state index in [-0.39, 0.29) is 35.5 Å². The fourth-order valence-electron chi connectivity index (χ4n) is 3.59. The Morgan fingerprint density at radius 1 is 1.23 bits per heavy atom. The molecule has 6 nitrogen and oxygen atoms in total. The molecule has 1 N–H and O–H groups in total. The molecule has 1 aliphatic heterocycles. The highest BCUT2D eigenvalue weighted by molar-refractivity contribution is 5.88. The van der Waals surface area contributed by atoms with Gasteiger partial charge in [-0.05, 0) is 30.9 Å². The van der Waals surface area contributed by atoms with Gasteiger partial charge in [-0.2, -0.15) is 13.2 Å². The van der Waals surface area contributed by atoms with Crippen molar-refractivity contribution in [1.29, 1.82) is 0 Å². The zero-order valence-corrected chi connectivity index (χ0v) is 16.2. The quantitative estimate of drug-likeness (QED) is 0.463. The Morgan fingerprint density at radius 3 is 2.84 bits per heavy atom. The summed E-state index contributed by atoms with van der Waals surface area (Å²) in [5.41, 5.74) is -0.171. The van der Waals surface area contributed by atoms with Crippen molar-refractivity contribution in [2.45, 2.75) is 31.0 Å². The number of hydrogen-bond acceptors (Lipinski definition) is 5. The van der Waals surface area contributed by atoms with Gasteiger partial charge in [0.05, 0.1) is 11.3 Å². The molecule has 1 unspecified atom stereocenters. The van der Waals surface area contributed by atoms with E-state index in [4.69, 9.17) is 9.47 Å². The van der Waals surface area contributed by atoms with Crippen LogP contribution in [0.2, 0.25) is 0 Å². The van der Waals surface area contributed by atoms with Gasteiger partial charge in [0.25, 0.3) is 0 Å². The maximum atomic E-state index is 13.6. The van der Waals surface area contributed by atoms with E-state index in [1.165, 1.54) is 12.1 Å². The van der Waals surface area contributed by atoms with Crippen LogP contribution < -0.4 is 4.74 Å². The lowest BCUT2D eigenvalue weighted by molar-refractivity contribution is -0.140. The molecule has 2 aliphatic rings. The number of nitrogens with zero attached hydrogens (tertiary/aromatic N) is 3. The van der Waals surface area contributed by atoms with E-state index in [1.807, 2.05) is 0 Å². The zero-order chi connectivity index (χ0) is 21.6. The lowest BCUT2D eigenvalue weighted by atomic mass is 9.91. The number of halogens is 4. The van der Waals surface area contributed by atoms with E-state index < -0.39 is 17.7 Å². The second-order valence-corrected chi connectivity index (χ2v) is 7.75. The van der Waals surface area contributed by atoms with E-state index in [9.17, 15) is 17.6 Å². The summed E-state index contributed by atoms with van der Waals surface area (Å²) in [5, 5.41) is 0.160. The van der Waals surface area contributed by atoms with Gasteiger partial charge in [-0.25, -0.2) is 19.4 Å². The normalized spacial score (nSPS) is 21.4. The van der Waals surface area contributed by atoms with Crippen LogP contribution in [-0.2, 0) is 10.9 Å². The fourth-order valence-corrected chi connectivity index (χ4v) is 3.59. The topological polar surface area (TPSA) is 72.4 Å². The van der Waals surface area contributed by atoms with Crippen molar-refractivity contribution in [2.24, 2.45) is 10.9 Å². The molecule has 5 rings (SSSR count). The lowest BCUT2D eigenvalue weighted by Gasteiger charge is -2.31. The Bertz CT molecular complexity index is 1140. The number of hydrogen-bond donors (Lipinski definition) is 1. The second kappa shape index (κ2) is 7.60. The second-order valence-electron chi connectivity index (χ2n) is 7.75. The first kappa shape index (κ1) is 19.9. The summed E-state index contributed by atoms with van der Waals surface area (Å²) in [6.07, 6.45) is 0.104. The van der Waals surface area contributed by atoms with Gasteiger partial charge in [-0.15, -0.1) is 0 Å². The molecule has 3 aromatic rings. The molecule has 162 valence electrons. The van der Waals surface area contributed by atoms with E-state index >= 15 is 0 Å². The van der Waals surface area contributed by atoms with E-state index in [1.54, 1.807) is 12.3 Å². The number of alkyl halides is 3. The fraction of sp³-hybridized carbons (Fsp3) is 0.381. The number of fused-ring (bicyclic) bond motifs is 2. The van der Waals surface area contributed by atoms with Crippen LogP contribution in [0.1, 0.15) is 30.0 Å². The van der Waals surface area contributed by atoms with E-state index in [0.29, 0.717) is 23.8 Å². The number of nitrogens with one attached hydrogen (secondary N) is 1. The third-order valence-electron chi connectivity index (χ3n) is 5.45. The molecule has 0 saturated heterocycles. The zero-order valence-electron chi connectivity index (χ0n) is 16.2. The first-order valence-corrected chi connectivity index (χ1v) is 9.87. The molecule has 31 heavy (non-hydrogen) atoms. The van der Waals surface area contributed by atoms with Gasteiger partial charge in [0.15, 0.2) is 5.82 Å². The van der Waals surface area contributed by atoms with Crippen molar-refractivity contribution in [3.05, 3.63) is 47.7 Å². The minimum absolute atomic E-state index is 0.0467. The van der Waals surface area contributed by atoms with Crippen LogP contribution in [0.5, 0.6) is 5.75 Å². The van der Waals surface area contributed by atoms with Crippen molar-refractivity contribution in [2.75, 3.05) is 13.2 Å². The molecular weight excluding hydrogens is 416 g/mol. The number of aromatic amines is 1. The van der Waals surface area contributed by atoms with Crippen LogP contribution in [0.15, 0.2) is 35.6 Å². The summed E-state index contributed by atoms with van der Waals surface area (Å²) in [6.45, 7) is 0.820. The van der Waals surface area contributed by atoms with Crippen LogP contribution >= 0.6 is 0 Å². The Labute approximate surface area is 174 Å². The third kappa shape index (κ3) is 4.12. The maximum Gasteiger partial charge on any atom is 0.431 e. The van der Waals surface area contributed by atoms with Gasteiger partial charge in [-0.1, -0.05) is 6.07 Å². The Kier molecular flexibility index (Phi) is 4.88. The minimum atomic E-state index is -4.53. The lowest BCUT2D eigenvalue weighted by Crippen LogP contribution is -2.34. The molecule has 1 aromatic carbocycles. The summed E-state index contributed by atoms with van der Waals surface area (Å²) in [6, 6.07) is 5.19. The molecule has 1 fully saturated rings. The Hall–Kier alpha value is -3.01. The van der Waals surface area contributed by atoms with E-state index in [2.05, 4.69) is 19.9 Å². The third-order valence-corrected chi connectivity index (χ3v) is 5.45. The minimum Gasteiger partial charge on any atom is -0.490 e. The van der Waals surface area contributed by atoms with Gasteiger partial charge in [0.1, 0.15) is 41.9 Å². The summed E-state index contributed by atoms with van der Waals surface area (Å²) in [7, 11) is 0. The van der Waals surface area contributed by atoms with Crippen LogP contribution in [0.3, 0.4) is 0 Å². The standard InChI is InChI=1S/C21H18F4N4O2/c22-12-3-4-13-15(17(9-31-16(13)5-12)30-8-11-1-2-11)7-26-19-14-6-18(21(23,24)25)29-20(14)28-10-27-19/h3-7,10-11,15,17H,1-2,8-9H2,(H,27,28,29)/t15?,17-/m0/s1. The first-order valence-electron chi connectivity index (χ1n) is 9.87. The van der Waals surface area contributed by atoms with E-state index in [0.717, 1.165) is 25.2 Å². The maximum absolute atomic E-state index is 13.6. The van der Waals surface area contributed by atoms with Crippen molar-refractivity contribution >= 4 is 23.1 Å². The average Bonchev–Trinajstić information content (AvgIpc) is 3.45.